The molecular formula is C12H13N5S. The number of amidine groups is 1. The maximum Gasteiger partial charge on any atom is 0.125 e. The van der Waals surface area contributed by atoms with E-state index in [0.717, 1.165) is 21.3 Å². The summed E-state index contributed by atoms with van der Waals surface area (Å²) in [6.07, 6.45) is 4.94. The van der Waals surface area contributed by atoms with Crippen molar-refractivity contribution < 1.29 is 0 Å². The second-order valence-electron chi connectivity index (χ2n) is 3.78. The van der Waals surface area contributed by atoms with Crippen LogP contribution in [-0.2, 0) is 0 Å². The lowest BCUT2D eigenvalue weighted by molar-refractivity contribution is 1.04. The first-order valence-electron chi connectivity index (χ1n) is 5.34. The highest BCUT2D eigenvalue weighted by Gasteiger charge is 2.13. The first kappa shape index (κ1) is 12.5. The fraction of sp³-hybridized carbons (Fsp3) is 0.167. The van der Waals surface area contributed by atoms with Gasteiger partial charge in [0.2, 0.25) is 0 Å². The van der Waals surface area contributed by atoms with Crippen molar-refractivity contribution in [1.82, 2.24) is 15.0 Å². The molecule has 5 nitrogen and oxygen atoms in total. The second kappa shape index (κ2) is 5.14. The molecule has 0 aliphatic rings. The molecule has 0 amide bonds. The number of aryl methyl sites for hydroxylation is 2. The first-order chi connectivity index (χ1) is 8.58. The zero-order chi connectivity index (χ0) is 13.1. The maximum atomic E-state index is 7.64. The fourth-order valence-electron chi connectivity index (χ4n) is 1.65. The van der Waals surface area contributed by atoms with Crippen LogP contribution in [0.4, 0.5) is 0 Å². The smallest absolute Gasteiger partial charge is 0.125 e. The van der Waals surface area contributed by atoms with Gasteiger partial charge in [0, 0.05) is 28.7 Å². The molecule has 0 bridgehead atoms. The Bertz CT molecular complexity index is 583. The predicted octanol–water partition coefficient (Wildman–Crippen LogP) is 1.92. The molecule has 18 heavy (non-hydrogen) atoms. The van der Waals surface area contributed by atoms with Gasteiger partial charge in [-0.2, -0.15) is 0 Å². The minimum absolute atomic E-state index is 0.0198. The number of nitrogens with zero attached hydrogens (tertiary/aromatic N) is 3. The molecule has 2 rings (SSSR count). The number of hydrogen-bond donors (Lipinski definition) is 2. The summed E-state index contributed by atoms with van der Waals surface area (Å²) in [7, 11) is 0. The number of pyridine rings is 1. The summed E-state index contributed by atoms with van der Waals surface area (Å²) < 4.78 is 0. The average Bonchev–Trinajstić information content (AvgIpc) is 2.28. The number of hydrogen-bond acceptors (Lipinski definition) is 5. The van der Waals surface area contributed by atoms with Gasteiger partial charge in [-0.25, -0.2) is 4.98 Å². The van der Waals surface area contributed by atoms with Gasteiger partial charge >= 0.3 is 0 Å². The van der Waals surface area contributed by atoms with E-state index in [1.165, 1.54) is 11.8 Å². The van der Waals surface area contributed by atoms with E-state index in [4.69, 9.17) is 11.1 Å². The molecule has 92 valence electrons. The third-order valence-corrected chi connectivity index (χ3v) is 3.28. The minimum atomic E-state index is 0.0198. The van der Waals surface area contributed by atoms with E-state index in [9.17, 15) is 0 Å². The van der Waals surface area contributed by atoms with Gasteiger partial charge in [-0.05, 0) is 19.9 Å². The van der Waals surface area contributed by atoms with Crippen molar-refractivity contribution in [3.63, 3.8) is 0 Å². The van der Waals surface area contributed by atoms with Crippen LogP contribution in [0.5, 0.6) is 0 Å². The van der Waals surface area contributed by atoms with Gasteiger partial charge in [0.05, 0.1) is 11.8 Å². The monoisotopic (exact) mass is 259 g/mol. The Balaban J connectivity index is 2.46. The van der Waals surface area contributed by atoms with Crippen LogP contribution in [0, 0.1) is 19.3 Å². The molecule has 3 N–H and O–H groups in total. The number of nitrogens with two attached hydrogens (primary N) is 1. The zero-order valence-electron chi connectivity index (χ0n) is 10.1. The average molecular weight is 259 g/mol. The summed E-state index contributed by atoms with van der Waals surface area (Å²) in [5.74, 6) is 0.0198. The van der Waals surface area contributed by atoms with Gasteiger partial charge in [0.1, 0.15) is 10.9 Å². The van der Waals surface area contributed by atoms with E-state index in [0.29, 0.717) is 5.56 Å². The Morgan fingerprint density at radius 1 is 1.33 bits per heavy atom. The summed E-state index contributed by atoms with van der Waals surface area (Å²) in [6.45, 7) is 3.77. The van der Waals surface area contributed by atoms with Crippen LogP contribution in [-0.4, -0.2) is 20.8 Å². The minimum Gasteiger partial charge on any atom is -0.384 e. The number of nitrogen functional groups attached to an aromatic ring is 1. The lowest BCUT2D eigenvalue weighted by atomic mass is 10.1. The Morgan fingerprint density at radius 2 is 2.11 bits per heavy atom. The Hall–Kier alpha value is -1.95. The lowest BCUT2D eigenvalue weighted by Crippen LogP contribution is -2.15. The van der Waals surface area contributed by atoms with Crippen LogP contribution in [0.3, 0.4) is 0 Å². The number of rotatable bonds is 3. The van der Waals surface area contributed by atoms with E-state index in [2.05, 4.69) is 15.0 Å². The molecule has 0 aliphatic carbocycles. The van der Waals surface area contributed by atoms with Crippen molar-refractivity contribution in [3.05, 3.63) is 41.6 Å². The quantitative estimate of drug-likeness (QED) is 0.649. The second-order valence-corrected chi connectivity index (χ2v) is 4.84. The molecule has 0 saturated heterocycles. The zero-order valence-corrected chi connectivity index (χ0v) is 11.0. The van der Waals surface area contributed by atoms with Crippen LogP contribution >= 0.6 is 11.8 Å². The van der Waals surface area contributed by atoms with Gasteiger partial charge in [-0.15, -0.1) is 0 Å². The molecule has 2 aromatic heterocycles. The van der Waals surface area contributed by atoms with E-state index >= 15 is 0 Å². The normalized spacial score (nSPS) is 10.3. The van der Waals surface area contributed by atoms with E-state index in [1.807, 2.05) is 19.9 Å². The van der Waals surface area contributed by atoms with E-state index in [1.54, 1.807) is 18.6 Å². The Kier molecular flexibility index (Phi) is 3.57. The standard InChI is InChI=1S/C12H13N5S/c1-7-5-9(11(12(13)14)8(2)17-7)18-10-6-15-3-4-16-10/h3-6H,1-2H3,(H3,13,14). The predicted molar refractivity (Wildman–Crippen MR) is 70.9 cm³/mol. The fourth-order valence-corrected chi connectivity index (χ4v) is 2.69. The molecule has 0 unspecified atom stereocenters. The highest BCUT2D eigenvalue weighted by Crippen LogP contribution is 2.30. The molecule has 0 aliphatic heterocycles. The molecule has 0 saturated carbocycles. The van der Waals surface area contributed by atoms with Crippen LogP contribution in [0.25, 0.3) is 0 Å². The summed E-state index contributed by atoms with van der Waals surface area (Å²) in [6, 6.07) is 1.91. The molecule has 6 heteroatoms. The third kappa shape index (κ3) is 2.65. The third-order valence-electron chi connectivity index (χ3n) is 2.32. The van der Waals surface area contributed by atoms with Crippen molar-refractivity contribution in [2.24, 2.45) is 5.73 Å². The molecular weight excluding hydrogens is 246 g/mol. The van der Waals surface area contributed by atoms with Crippen molar-refractivity contribution in [2.45, 2.75) is 23.8 Å². The van der Waals surface area contributed by atoms with Crippen molar-refractivity contribution in [1.29, 1.82) is 5.41 Å². The molecule has 2 heterocycles. The molecule has 0 fully saturated rings. The number of aromatic nitrogens is 3. The van der Waals surface area contributed by atoms with Gasteiger partial charge in [-0.1, -0.05) is 11.8 Å². The highest BCUT2D eigenvalue weighted by molar-refractivity contribution is 7.99. The van der Waals surface area contributed by atoms with Crippen molar-refractivity contribution in [2.75, 3.05) is 0 Å². The van der Waals surface area contributed by atoms with Gasteiger partial charge < -0.3 is 5.73 Å². The van der Waals surface area contributed by atoms with Gasteiger partial charge in [-0.3, -0.25) is 15.4 Å². The van der Waals surface area contributed by atoms with E-state index < -0.39 is 0 Å². The Morgan fingerprint density at radius 3 is 2.72 bits per heavy atom. The SMILES string of the molecule is Cc1cc(Sc2cnccn2)c(C(=N)N)c(C)n1. The van der Waals surface area contributed by atoms with Gasteiger partial charge in [0.25, 0.3) is 0 Å². The van der Waals surface area contributed by atoms with Crippen LogP contribution in [0.1, 0.15) is 17.0 Å². The van der Waals surface area contributed by atoms with Crippen molar-refractivity contribution >= 4 is 17.6 Å². The van der Waals surface area contributed by atoms with Crippen LogP contribution < -0.4 is 5.73 Å². The van der Waals surface area contributed by atoms with Gasteiger partial charge in [0.15, 0.2) is 0 Å². The summed E-state index contributed by atoms with van der Waals surface area (Å²) in [5, 5.41) is 8.41. The summed E-state index contributed by atoms with van der Waals surface area (Å²) in [5.41, 5.74) is 7.93. The van der Waals surface area contributed by atoms with Crippen LogP contribution in [0.15, 0.2) is 34.6 Å². The van der Waals surface area contributed by atoms with Crippen molar-refractivity contribution in [3.8, 4) is 0 Å². The molecule has 2 aromatic rings. The number of nitrogens with one attached hydrogen (secondary N) is 1. The lowest BCUT2D eigenvalue weighted by Gasteiger charge is -2.10. The maximum absolute atomic E-state index is 7.64. The van der Waals surface area contributed by atoms with Crippen LogP contribution in [0.2, 0.25) is 0 Å². The molecule has 0 aromatic carbocycles. The molecule has 0 atom stereocenters. The highest BCUT2D eigenvalue weighted by atomic mass is 32.2. The molecule has 0 radical (unpaired) electrons. The van der Waals surface area contributed by atoms with E-state index in [-0.39, 0.29) is 5.84 Å². The Labute approximate surface area is 109 Å². The molecule has 0 spiro atoms. The summed E-state index contributed by atoms with van der Waals surface area (Å²) in [4.78, 5) is 13.4. The summed E-state index contributed by atoms with van der Waals surface area (Å²) >= 11 is 1.44. The largest absolute Gasteiger partial charge is 0.384 e. The topological polar surface area (TPSA) is 88.5 Å². The first-order valence-corrected chi connectivity index (χ1v) is 6.16.